The van der Waals surface area contributed by atoms with E-state index in [1.807, 2.05) is 6.92 Å². The Bertz CT molecular complexity index is 1340. The van der Waals surface area contributed by atoms with Crippen molar-refractivity contribution in [1.82, 2.24) is 16.0 Å². The van der Waals surface area contributed by atoms with Crippen LogP contribution in [0.3, 0.4) is 0 Å². The molecule has 2 heterocycles. The zero-order valence-electron chi connectivity index (χ0n) is 35.0. The molecule has 11 unspecified atom stereocenters. The van der Waals surface area contributed by atoms with Crippen LogP contribution in [0.25, 0.3) is 0 Å². The number of carboxylic acids is 1. The van der Waals surface area contributed by atoms with E-state index in [-0.39, 0.29) is 49.6 Å². The van der Waals surface area contributed by atoms with E-state index in [0.29, 0.717) is 25.9 Å². The van der Waals surface area contributed by atoms with Crippen molar-refractivity contribution in [2.45, 2.75) is 172 Å². The van der Waals surface area contributed by atoms with Gasteiger partial charge in [-0.15, -0.1) is 0 Å². The number of carboxylic acid groups (broad SMARTS) is 1. The van der Waals surface area contributed by atoms with Crippen LogP contribution in [0, 0.1) is 23.7 Å². The molecule has 2 saturated carbocycles. The first kappa shape index (κ1) is 49.1. The Hall–Kier alpha value is -2.56. The second-order valence-corrected chi connectivity index (χ2v) is 16.7. The maximum atomic E-state index is 13.7. The van der Waals surface area contributed by atoms with Gasteiger partial charge in [-0.1, -0.05) is 52.4 Å². The first-order valence-corrected chi connectivity index (χ1v) is 21.2. The summed E-state index contributed by atoms with van der Waals surface area (Å²) in [6.07, 6.45) is -10.1. The van der Waals surface area contributed by atoms with Gasteiger partial charge in [-0.2, -0.15) is 0 Å². The molecular weight excluding hydrogens is 778 g/mol. The van der Waals surface area contributed by atoms with Gasteiger partial charge in [0.2, 0.25) is 17.7 Å². The number of amides is 3. The van der Waals surface area contributed by atoms with E-state index in [4.69, 9.17) is 28.4 Å². The number of hydrogen-bond donors (Lipinski definition) is 9. The van der Waals surface area contributed by atoms with Crippen molar-refractivity contribution in [3.63, 3.8) is 0 Å². The Labute approximate surface area is 346 Å². The number of aliphatic carboxylic acids is 1. The van der Waals surface area contributed by atoms with Gasteiger partial charge >= 0.3 is 5.97 Å². The summed E-state index contributed by atoms with van der Waals surface area (Å²) in [5.74, 6) is -3.64. The number of carbonyl (C=O) groups excluding carboxylic acids is 3. The number of hydrogen-bond acceptors (Lipinski definition) is 15. The minimum absolute atomic E-state index is 0.000903. The van der Waals surface area contributed by atoms with Crippen molar-refractivity contribution in [3.05, 3.63) is 0 Å². The van der Waals surface area contributed by atoms with Crippen molar-refractivity contribution < 1.29 is 78.2 Å². The quantitative estimate of drug-likeness (QED) is 0.0687. The Balaban J connectivity index is 1.61. The summed E-state index contributed by atoms with van der Waals surface area (Å²) in [5.41, 5.74) is 0. The molecule has 2 aliphatic heterocycles. The highest BCUT2D eigenvalue weighted by molar-refractivity contribution is 5.80. The highest BCUT2D eigenvalue weighted by Crippen LogP contribution is 2.40. The summed E-state index contributed by atoms with van der Waals surface area (Å²) in [5, 5.41) is 72.3. The van der Waals surface area contributed by atoms with Crippen LogP contribution in [0.4, 0.5) is 0 Å². The molecule has 0 radical (unpaired) electrons. The molecule has 0 bridgehead atoms. The molecule has 4 fully saturated rings. The van der Waals surface area contributed by atoms with E-state index < -0.39 is 110 Å². The second kappa shape index (κ2) is 23.6. The average Bonchev–Trinajstić information content (AvgIpc) is 3.21. The molecule has 0 aromatic heterocycles. The molecule has 4 aliphatic rings. The normalized spacial score (nSPS) is 36.6. The van der Waals surface area contributed by atoms with Crippen molar-refractivity contribution in [2.24, 2.45) is 23.7 Å². The number of aliphatic hydroxyl groups excluding tert-OH is 5. The molecule has 4 rings (SSSR count). The van der Waals surface area contributed by atoms with E-state index in [9.17, 15) is 49.8 Å². The van der Waals surface area contributed by atoms with Crippen LogP contribution in [0.5, 0.6) is 0 Å². The monoisotopic (exact) mass is 847 g/mol. The van der Waals surface area contributed by atoms with E-state index in [2.05, 4.69) is 16.0 Å². The third-order valence-electron chi connectivity index (χ3n) is 12.3. The number of ether oxygens (including phenoxy) is 6. The van der Waals surface area contributed by atoms with E-state index >= 15 is 0 Å². The number of rotatable bonds is 20. The van der Waals surface area contributed by atoms with Gasteiger partial charge in [0, 0.05) is 45.6 Å². The molecule has 19 heteroatoms. The van der Waals surface area contributed by atoms with Gasteiger partial charge in [0.15, 0.2) is 18.7 Å². The van der Waals surface area contributed by atoms with Gasteiger partial charge in [0.05, 0.1) is 24.9 Å². The van der Waals surface area contributed by atoms with Gasteiger partial charge in [-0.25, -0.2) is 4.79 Å². The highest BCUT2D eigenvalue weighted by atomic mass is 16.7. The minimum atomic E-state index is -1.66. The third-order valence-corrected chi connectivity index (χ3v) is 12.3. The summed E-state index contributed by atoms with van der Waals surface area (Å²) in [7, 11) is 1.56. The summed E-state index contributed by atoms with van der Waals surface area (Å²) < 4.78 is 36.1. The summed E-state index contributed by atoms with van der Waals surface area (Å²) in [6, 6.07) is -1.31. The summed E-state index contributed by atoms with van der Waals surface area (Å²) in [4.78, 5) is 51.5. The first-order valence-electron chi connectivity index (χ1n) is 21.2. The predicted molar refractivity (Wildman–Crippen MR) is 207 cm³/mol. The summed E-state index contributed by atoms with van der Waals surface area (Å²) in [6.45, 7) is 6.42. The van der Waals surface area contributed by atoms with Crippen LogP contribution < -0.4 is 16.0 Å². The zero-order valence-corrected chi connectivity index (χ0v) is 35.0. The Morgan fingerprint density at radius 2 is 1.56 bits per heavy atom. The molecule has 0 spiro atoms. The minimum Gasteiger partial charge on any atom is -0.479 e. The van der Waals surface area contributed by atoms with E-state index in [0.717, 1.165) is 32.1 Å². The van der Waals surface area contributed by atoms with Gasteiger partial charge in [0.1, 0.15) is 42.7 Å². The van der Waals surface area contributed by atoms with Crippen molar-refractivity contribution in [3.8, 4) is 0 Å². The standard InChI is InChI=1S/C40H69N3O16/c1-6-24-17-25(37(51)42-14-13-41-36(50)20(2)12-15-54-5)18-26(34(24)59-40-33(49)32(48)30(46)21(3)55-40)57-39-29(43-22(4)45)35(31(47)28(19-44)58-39)56-27(38(52)53)16-23-10-8-7-9-11-23/h20-21,23-35,39-40,44,46-49H,6-19H2,1-5H3,(H,41,50)(H,42,51)(H,43,45)(H,52,53)/t20?,21?,24?,25?,26-,27+,28?,29?,30?,31+,32?,33+,34?,35?,39-,40?/m1/s1. The fraction of sp³-hybridized carbons (Fsp3) is 0.900. The highest BCUT2D eigenvalue weighted by Gasteiger charge is 2.53. The Kier molecular flexibility index (Phi) is 19.6. The lowest BCUT2D eigenvalue weighted by atomic mass is 9.75. The lowest BCUT2D eigenvalue weighted by Gasteiger charge is -2.49. The molecule has 16 atom stereocenters. The van der Waals surface area contributed by atoms with Gasteiger partial charge < -0.3 is 75.0 Å². The zero-order chi connectivity index (χ0) is 43.4. The number of aliphatic hydroxyl groups is 5. The molecule has 0 aromatic carbocycles. The maximum absolute atomic E-state index is 13.7. The van der Waals surface area contributed by atoms with Crippen LogP contribution in [-0.2, 0) is 47.6 Å². The lowest BCUT2D eigenvalue weighted by Crippen LogP contribution is -2.67. The fourth-order valence-corrected chi connectivity index (χ4v) is 8.69. The van der Waals surface area contributed by atoms with Gasteiger partial charge in [-0.05, 0) is 44.4 Å². The van der Waals surface area contributed by atoms with Crippen LogP contribution in [-0.4, -0.2) is 167 Å². The number of carbonyl (C=O) groups is 4. The SMILES string of the molecule is CCC1CC(C(=O)NCCNC(=O)C(C)CCOC)C[C@@H](O[C@@H]2OC(CO)[C@H](O)C(O[C@@H](CC3CCCCC3)C(=O)O)C2NC(C)=O)C1OC1OC(C)C(O)C(O)[C@@H]1O. The molecular formula is C40H69N3O16. The van der Waals surface area contributed by atoms with E-state index in [1.54, 1.807) is 14.0 Å². The Morgan fingerprint density at radius 1 is 0.864 bits per heavy atom. The molecule has 340 valence electrons. The average molecular weight is 848 g/mol. The molecule has 3 amide bonds. The summed E-state index contributed by atoms with van der Waals surface area (Å²) >= 11 is 0. The largest absolute Gasteiger partial charge is 0.479 e. The van der Waals surface area contributed by atoms with Crippen LogP contribution >= 0.6 is 0 Å². The van der Waals surface area contributed by atoms with Crippen LogP contribution in [0.2, 0.25) is 0 Å². The van der Waals surface area contributed by atoms with E-state index in [1.165, 1.54) is 13.8 Å². The Morgan fingerprint density at radius 3 is 2.19 bits per heavy atom. The van der Waals surface area contributed by atoms with Crippen LogP contribution in [0.1, 0.15) is 91.9 Å². The lowest BCUT2D eigenvalue weighted by molar-refractivity contribution is -0.338. The molecule has 59 heavy (non-hydrogen) atoms. The van der Waals surface area contributed by atoms with Crippen molar-refractivity contribution >= 4 is 23.7 Å². The van der Waals surface area contributed by atoms with Gasteiger partial charge in [-0.3, -0.25) is 14.4 Å². The first-order chi connectivity index (χ1) is 28.1. The number of methoxy groups -OCH3 is 1. The fourth-order valence-electron chi connectivity index (χ4n) is 8.69. The molecule has 19 nitrogen and oxygen atoms in total. The molecule has 2 saturated heterocycles. The maximum Gasteiger partial charge on any atom is 0.332 e. The topological polar surface area (TPSA) is 281 Å². The smallest absolute Gasteiger partial charge is 0.332 e. The van der Waals surface area contributed by atoms with Gasteiger partial charge in [0.25, 0.3) is 0 Å². The predicted octanol–water partition coefficient (Wildman–Crippen LogP) is -0.683. The second-order valence-electron chi connectivity index (χ2n) is 16.7. The molecule has 9 N–H and O–H groups in total. The molecule has 0 aromatic rings. The van der Waals surface area contributed by atoms with Crippen molar-refractivity contribution in [1.29, 1.82) is 0 Å². The third kappa shape index (κ3) is 13.5. The van der Waals surface area contributed by atoms with Crippen molar-refractivity contribution in [2.75, 3.05) is 33.4 Å². The van der Waals surface area contributed by atoms with Crippen LogP contribution in [0.15, 0.2) is 0 Å². The molecule has 2 aliphatic carbocycles. The number of nitrogens with one attached hydrogen (secondary N) is 3.